The lowest BCUT2D eigenvalue weighted by Gasteiger charge is -2.32. The van der Waals surface area contributed by atoms with Crippen molar-refractivity contribution in [1.82, 2.24) is 10.2 Å². The third-order valence-corrected chi connectivity index (χ3v) is 4.71. The van der Waals surface area contributed by atoms with Gasteiger partial charge in [0.05, 0.1) is 0 Å². The van der Waals surface area contributed by atoms with Crippen LogP contribution in [0, 0.1) is 0 Å². The van der Waals surface area contributed by atoms with E-state index in [-0.39, 0.29) is 11.9 Å². The van der Waals surface area contributed by atoms with Crippen LogP contribution < -0.4 is 11.1 Å². The normalized spacial score (nSPS) is 16.0. The van der Waals surface area contributed by atoms with E-state index in [4.69, 9.17) is 5.73 Å². The Kier molecular flexibility index (Phi) is 5.49. The predicted molar refractivity (Wildman–Crippen MR) is 97.9 cm³/mol. The summed E-state index contributed by atoms with van der Waals surface area (Å²) in [5.74, 6) is 0.0334. The second-order valence-corrected chi connectivity index (χ2v) is 6.40. The van der Waals surface area contributed by atoms with Crippen LogP contribution in [0.1, 0.15) is 28.8 Å². The van der Waals surface area contributed by atoms with Crippen molar-refractivity contribution < 1.29 is 4.79 Å². The van der Waals surface area contributed by atoms with Crippen molar-refractivity contribution in [3.63, 3.8) is 0 Å². The predicted octanol–water partition coefficient (Wildman–Crippen LogP) is 2.71. The van der Waals surface area contributed by atoms with E-state index in [0.717, 1.165) is 50.1 Å². The van der Waals surface area contributed by atoms with E-state index in [1.54, 1.807) is 0 Å². The fourth-order valence-corrected chi connectivity index (χ4v) is 3.20. The summed E-state index contributed by atoms with van der Waals surface area (Å²) in [7, 11) is 0. The average molecular weight is 323 g/mol. The number of rotatable bonds is 5. The van der Waals surface area contributed by atoms with Gasteiger partial charge in [0, 0.05) is 36.9 Å². The van der Waals surface area contributed by atoms with Gasteiger partial charge in [-0.3, -0.25) is 4.79 Å². The lowest BCUT2D eigenvalue weighted by Crippen LogP contribution is -2.45. The van der Waals surface area contributed by atoms with Crippen molar-refractivity contribution in [1.29, 1.82) is 0 Å². The van der Waals surface area contributed by atoms with E-state index in [0.29, 0.717) is 0 Å². The molecule has 0 atom stereocenters. The highest BCUT2D eigenvalue weighted by Gasteiger charge is 2.20. The van der Waals surface area contributed by atoms with Gasteiger partial charge in [0.2, 0.25) is 0 Å². The molecule has 3 N–H and O–H groups in total. The van der Waals surface area contributed by atoms with Gasteiger partial charge in [0.1, 0.15) is 0 Å². The van der Waals surface area contributed by atoms with Crippen molar-refractivity contribution in [3.8, 4) is 0 Å². The molecule has 1 fully saturated rings. The molecule has 3 rings (SSSR count). The molecule has 0 aliphatic carbocycles. The Hall–Kier alpha value is -2.33. The summed E-state index contributed by atoms with van der Waals surface area (Å²) < 4.78 is 0. The van der Waals surface area contributed by atoms with Gasteiger partial charge in [-0.1, -0.05) is 36.4 Å². The van der Waals surface area contributed by atoms with Crippen LogP contribution in [0.3, 0.4) is 0 Å². The molecule has 4 nitrogen and oxygen atoms in total. The number of hydrogen-bond donors (Lipinski definition) is 2. The van der Waals surface area contributed by atoms with Crippen molar-refractivity contribution in [2.45, 2.75) is 25.3 Å². The van der Waals surface area contributed by atoms with Crippen LogP contribution in [0.15, 0.2) is 54.6 Å². The number of carbonyl (C=O) groups is 1. The molecule has 126 valence electrons. The molecule has 2 aromatic carbocycles. The second kappa shape index (κ2) is 7.97. The molecule has 0 radical (unpaired) electrons. The van der Waals surface area contributed by atoms with Gasteiger partial charge in [0.25, 0.3) is 5.91 Å². The summed E-state index contributed by atoms with van der Waals surface area (Å²) in [6, 6.07) is 17.8. The Morgan fingerprint density at radius 1 is 1.04 bits per heavy atom. The quantitative estimate of drug-likeness (QED) is 0.832. The standard InChI is InChI=1S/C20H25N3O/c21-19-9-5-4-6-16(19)10-13-23-14-11-18(12-15-23)22-20(24)17-7-2-1-3-8-17/h1-9,18H,10-15,21H2,(H,22,24). The zero-order valence-corrected chi connectivity index (χ0v) is 13.9. The van der Waals surface area contributed by atoms with E-state index < -0.39 is 0 Å². The Bertz CT molecular complexity index is 664. The molecule has 0 saturated carbocycles. The van der Waals surface area contributed by atoms with Gasteiger partial charge in [-0.2, -0.15) is 0 Å². The number of nitrogens with two attached hydrogens (primary N) is 1. The number of amides is 1. The number of nitrogens with zero attached hydrogens (tertiary/aromatic N) is 1. The van der Waals surface area contributed by atoms with Gasteiger partial charge >= 0.3 is 0 Å². The van der Waals surface area contributed by atoms with Crippen LogP contribution >= 0.6 is 0 Å². The van der Waals surface area contributed by atoms with Gasteiger partial charge in [-0.25, -0.2) is 0 Å². The highest BCUT2D eigenvalue weighted by atomic mass is 16.1. The lowest BCUT2D eigenvalue weighted by atomic mass is 10.0. The largest absolute Gasteiger partial charge is 0.399 e. The van der Waals surface area contributed by atoms with E-state index in [1.807, 2.05) is 48.5 Å². The first-order valence-electron chi connectivity index (χ1n) is 8.64. The van der Waals surface area contributed by atoms with Gasteiger partial charge in [0.15, 0.2) is 0 Å². The molecule has 2 aromatic rings. The molecule has 0 spiro atoms. The summed E-state index contributed by atoms with van der Waals surface area (Å²) in [4.78, 5) is 14.7. The number of likely N-dealkylation sites (tertiary alicyclic amines) is 1. The minimum atomic E-state index is 0.0334. The van der Waals surface area contributed by atoms with Crippen molar-refractivity contribution >= 4 is 11.6 Å². The maximum Gasteiger partial charge on any atom is 0.251 e. The van der Waals surface area contributed by atoms with E-state index in [9.17, 15) is 4.79 Å². The van der Waals surface area contributed by atoms with Crippen molar-refractivity contribution in [2.24, 2.45) is 0 Å². The van der Waals surface area contributed by atoms with Crippen LogP contribution in [0.25, 0.3) is 0 Å². The van der Waals surface area contributed by atoms with Gasteiger partial charge < -0.3 is 16.0 Å². The van der Waals surface area contributed by atoms with Crippen LogP contribution in [0.2, 0.25) is 0 Å². The number of nitrogens with one attached hydrogen (secondary N) is 1. The minimum absolute atomic E-state index is 0.0334. The Balaban J connectivity index is 1.43. The highest BCUT2D eigenvalue weighted by molar-refractivity contribution is 5.94. The molecule has 24 heavy (non-hydrogen) atoms. The van der Waals surface area contributed by atoms with Crippen LogP contribution in [0.4, 0.5) is 5.69 Å². The Morgan fingerprint density at radius 3 is 2.42 bits per heavy atom. The molecule has 0 aromatic heterocycles. The first-order chi connectivity index (χ1) is 11.7. The first-order valence-corrected chi connectivity index (χ1v) is 8.64. The second-order valence-electron chi connectivity index (χ2n) is 6.40. The molecule has 1 saturated heterocycles. The average Bonchev–Trinajstić information content (AvgIpc) is 2.63. The number of nitrogen functional groups attached to an aromatic ring is 1. The molecule has 0 unspecified atom stereocenters. The monoisotopic (exact) mass is 323 g/mol. The van der Waals surface area contributed by atoms with Crippen LogP contribution in [0.5, 0.6) is 0 Å². The third kappa shape index (κ3) is 4.36. The molecule has 1 amide bonds. The number of anilines is 1. The summed E-state index contributed by atoms with van der Waals surface area (Å²) in [5, 5.41) is 3.15. The number of carbonyl (C=O) groups excluding carboxylic acids is 1. The molecule has 1 aliphatic heterocycles. The zero-order valence-electron chi connectivity index (χ0n) is 13.9. The highest BCUT2D eigenvalue weighted by Crippen LogP contribution is 2.15. The van der Waals surface area contributed by atoms with Crippen molar-refractivity contribution in [3.05, 3.63) is 65.7 Å². The number of para-hydroxylation sites is 1. The Morgan fingerprint density at radius 2 is 1.71 bits per heavy atom. The summed E-state index contributed by atoms with van der Waals surface area (Å²) in [5.41, 5.74) is 8.83. The lowest BCUT2D eigenvalue weighted by molar-refractivity contribution is 0.0911. The number of piperidine rings is 1. The summed E-state index contributed by atoms with van der Waals surface area (Å²) in [6.45, 7) is 3.06. The fraction of sp³-hybridized carbons (Fsp3) is 0.350. The summed E-state index contributed by atoms with van der Waals surface area (Å²) >= 11 is 0. The van der Waals surface area contributed by atoms with Crippen molar-refractivity contribution in [2.75, 3.05) is 25.4 Å². The zero-order chi connectivity index (χ0) is 16.8. The molecule has 0 bridgehead atoms. The van der Waals surface area contributed by atoms with Crippen LogP contribution in [-0.2, 0) is 6.42 Å². The maximum atomic E-state index is 12.2. The summed E-state index contributed by atoms with van der Waals surface area (Å²) in [6.07, 6.45) is 2.99. The molecular weight excluding hydrogens is 298 g/mol. The molecule has 4 heteroatoms. The Labute approximate surface area is 143 Å². The molecule has 1 heterocycles. The SMILES string of the molecule is Nc1ccccc1CCN1CCC(NC(=O)c2ccccc2)CC1. The van der Waals surface area contributed by atoms with Gasteiger partial charge in [-0.05, 0) is 43.0 Å². The topological polar surface area (TPSA) is 58.4 Å². The fourth-order valence-electron chi connectivity index (χ4n) is 3.20. The first kappa shape index (κ1) is 16.5. The minimum Gasteiger partial charge on any atom is -0.399 e. The van der Waals surface area contributed by atoms with E-state index in [2.05, 4.69) is 16.3 Å². The van der Waals surface area contributed by atoms with Gasteiger partial charge in [-0.15, -0.1) is 0 Å². The molecule has 1 aliphatic rings. The smallest absolute Gasteiger partial charge is 0.251 e. The maximum absolute atomic E-state index is 12.2. The molecular formula is C20H25N3O. The number of benzene rings is 2. The van der Waals surface area contributed by atoms with Crippen LogP contribution in [-0.4, -0.2) is 36.5 Å². The van der Waals surface area contributed by atoms with E-state index in [1.165, 1.54) is 5.56 Å². The third-order valence-electron chi connectivity index (χ3n) is 4.71. The van der Waals surface area contributed by atoms with E-state index >= 15 is 0 Å². The number of hydrogen-bond acceptors (Lipinski definition) is 3.